The Morgan fingerprint density at radius 3 is 2.34 bits per heavy atom. The van der Waals surface area contributed by atoms with Crippen molar-refractivity contribution in [1.82, 2.24) is 19.1 Å². The first-order valence-electron chi connectivity index (χ1n) is 8.75. The molecule has 29 heavy (non-hydrogen) atoms. The third-order valence-electron chi connectivity index (χ3n) is 4.31. The summed E-state index contributed by atoms with van der Waals surface area (Å²) in [5.74, 6) is -1.76. The number of esters is 3. The van der Waals surface area contributed by atoms with E-state index in [4.69, 9.17) is 24.4 Å². The lowest BCUT2D eigenvalue weighted by Gasteiger charge is -2.23. The Bertz CT molecular complexity index is 1010. The van der Waals surface area contributed by atoms with Crippen molar-refractivity contribution in [2.24, 2.45) is 7.05 Å². The Morgan fingerprint density at radius 2 is 1.72 bits per heavy atom. The molecule has 2 aromatic heterocycles. The normalized spacial score (nSPS) is 23.7. The van der Waals surface area contributed by atoms with Gasteiger partial charge in [0.2, 0.25) is 0 Å². The first-order chi connectivity index (χ1) is 13.7. The summed E-state index contributed by atoms with van der Waals surface area (Å²) in [4.78, 5) is 43.0. The zero-order chi connectivity index (χ0) is 21.3. The molecule has 1 saturated heterocycles. The van der Waals surface area contributed by atoms with E-state index < -0.39 is 42.4 Å². The molecule has 3 rings (SSSR count). The summed E-state index contributed by atoms with van der Waals surface area (Å²) < 4.78 is 24.7. The summed E-state index contributed by atoms with van der Waals surface area (Å²) in [6.45, 7) is 3.45. The van der Waals surface area contributed by atoms with Crippen LogP contribution in [0.2, 0.25) is 0 Å². The second-order valence-corrected chi connectivity index (χ2v) is 6.54. The molecule has 0 aromatic carbocycles. The van der Waals surface area contributed by atoms with Crippen molar-refractivity contribution in [3.8, 4) is 0 Å². The average molecular weight is 407 g/mol. The zero-order valence-electron chi connectivity index (χ0n) is 16.3. The van der Waals surface area contributed by atoms with Gasteiger partial charge in [0.05, 0.1) is 12.7 Å². The highest BCUT2D eigenvalue weighted by Crippen LogP contribution is 2.35. The molecular formula is C17H21N5O7. The number of imidazole rings is 1. The minimum Gasteiger partial charge on any atom is -0.463 e. The van der Waals surface area contributed by atoms with E-state index in [1.807, 2.05) is 0 Å². The highest BCUT2D eigenvalue weighted by Gasteiger charge is 2.51. The maximum Gasteiger partial charge on any atom is 0.303 e. The lowest BCUT2D eigenvalue weighted by atomic mass is 10.1. The largest absolute Gasteiger partial charge is 0.463 e. The van der Waals surface area contributed by atoms with E-state index in [0.29, 0.717) is 11.2 Å². The van der Waals surface area contributed by atoms with Crippen LogP contribution in [0.5, 0.6) is 0 Å². The first-order valence-corrected chi connectivity index (χ1v) is 8.75. The van der Waals surface area contributed by atoms with Crippen molar-refractivity contribution in [2.75, 3.05) is 6.61 Å². The van der Waals surface area contributed by atoms with Crippen LogP contribution in [0.4, 0.5) is 0 Å². The van der Waals surface area contributed by atoms with Crippen LogP contribution in [0.25, 0.3) is 11.2 Å². The van der Waals surface area contributed by atoms with Gasteiger partial charge in [0.25, 0.3) is 0 Å². The molecule has 0 radical (unpaired) electrons. The van der Waals surface area contributed by atoms with Gasteiger partial charge in [0.15, 0.2) is 29.6 Å². The number of aryl methyl sites for hydroxylation is 1. The molecule has 12 heteroatoms. The number of nitrogens with zero attached hydrogens (tertiary/aromatic N) is 4. The highest BCUT2D eigenvalue weighted by molar-refractivity contribution is 5.69. The van der Waals surface area contributed by atoms with Gasteiger partial charge in [-0.05, 0) is 0 Å². The summed E-state index contributed by atoms with van der Waals surface area (Å²) in [6.07, 6.45) is -1.07. The van der Waals surface area contributed by atoms with Crippen LogP contribution in [0, 0.1) is 5.41 Å². The minimum absolute atomic E-state index is 0.129. The number of carbonyl (C=O) groups is 3. The number of ether oxygens (including phenoxy) is 4. The molecule has 4 atom stereocenters. The standard InChI is InChI=1S/C17H21N5O7/c1-8(23)26-5-11-13(27-9(2)24)14(28-10(3)25)17(29-11)22-7-19-12-15(18)21(4)6-20-16(12)22/h6-7,11,13-14,17-18H,5H2,1-4H3/t11-,13-,14-,17-/m1/s1. The zero-order valence-corrected chi connectivity index (χ0v) is 16.3. The number of hydrogen-bond donors (Lipinski definition) is 1. The van der Waals surface area contributed by atoms with E-state index in [-0.39, 0.29) is 12.1 Å². The van der Waals surface area contributed by atoms with Gasteiger partial charge in [-0.2, -0.15) is 0 Å². The Morgan fingerprint density at radius 1 is 1.07 bits per heavy atom. The fourth-order valence-electron chi connectivity index (χ4n) is 3.12. The molecule has 0 spiro atoms. The molecule has 0 unspecified atom stereocenters. The smallest absolute Gasteiger partial charge is 0.303 e. The second-order valence-electron chi connectivity index (χ2n) is 6.54. The van der Waals surface area contributed by atoms with Gasteiger partial charge in [0, 0.05) is 27.8 Å². The van der Waals surface area contributed by atoms with E-state index in [1.165, 1.54) is 42.6 Å². The third-order valence-corrected chi connectivity index (χ3v) is 4.31. The fraction of sp³-hybridized carbons (Fsp3) is 0.529. The maximum absolute atomic E-state index is 11.7. The van der Waals surface area contributed by atoms with Crippen molar-refractivity contribution >= 4 is 29.1 Å². The molecule has 1 aliphatic rings. The maximum atomic E-state index is 11.7. The molecule has 2 aromatic rings. The molecule has 0 amide bonds. The van der Waals surface area contributed by atoms with Crippen LogP contribution < -0.4 is 5.49 Å². The molecule has 0 bridgehead atoms. The quantitative estimate of drug-likeness (QED) is 0.515. The van der Waals surface area contributed by atoms with Crippen molar-refractivity contribution in [2.45, 2.75) is 45.3 Å². The summed E-state index contributed by atoms with van der Waals surface area (Å²) in [5, 5.41) is 8.11. The number of fused-ring (bicyclic) bond motifs is 1. The summed E-state index contributed by atoms with van der Waals surface area (Å²) in [7, 11) is 1.66. The Kier molecular flexibility index (Phi) is 5.64. The number of nitrogens with one attached hydrogen (secondary N) is 1. The van der Waals surface area contributed by atoms with Crippen LogP contribution in [0.1, 0.15) is 27.0 Å². The van der Waals surface area contributed by atoms with Gasteiger partial charge in [-0.25, -0.2) is 9.97 Å². The molecule has 3 heterocycles. The minimum atomic E-state index is -1.04. The predicted octanol–water partition coefficient (Wildman–Crippen LogP) is -0.427. The predicted molar refractivity (Wildman–Crippen MR) is 94.0 cm³/mol. The van der Waals surface area contributed by atoms with Crippen LogP contribution in [-0.2, 0) is 40.4 Å². The number of rotatable bonds is 5. The molecule has 12 nitrogen and oxygen atoms in total. The van der Waals surface area contributed by atoms with E-state index >= 15 is 0 Å². The van der Waals surface area contributed by atoms with E-state index in [9.17, 15) is 14.4 Å². The molecule has 0 aliphatic carbocycles. The monoisotopic (exact) mass is 407 g/mol. The number of carbonyl (C=O) groups excluding carboxylic acids is 3. The first kappa shape index (κ1) is 20.5. The second kappa shape index (κ2) is 7.99. The van der Waals surface area contributed by atoms with Gasteiger partial charge in [-0.15, -0.1) is 0 Å². The van der Waals surface area contributed by atoms with Crippen LogP contribution >= 0.6 is 0 Å². The Hall–Kier alpha value is -3.28. The van der Waals surface area contributed by atoms with Gasteiger partial charge >= 0.3 is 17.9 Å². The van der Waals surface area contributed by atoms with E-state index in [0.717, 1.165) is 0 Å². The third kappa shape index (κ3) is 4.11. The summed E-state index contributed by atoms with van der Waals surface area (Å²) >= 11 is 0. The van der Waals surface area contributed by atoms with Gasteiger partial charge < -0.3 is 23.5 Å². The van der Waals surface area contributed by atoms with Crippen LogP contribution in [0.15, 0.2) is 12.7 Å². The Balaban J connectivity index is 2.04. The van der Waals surface area contributed by atoms with Crippen molar-refractivity contribution < 1.29 is 33.3 Å². The highest BCUT2D eigenvalue weighted by atomic mass is 16.7. The number of aromatic nitrogens is 4. The van der Waals surface area contributed by atoms with Crippen LogP contribution in [0.3, 0.4) is 0 Å². The molecule has 1 N–H and O–H groups in total. The summed E-state index contributed by atoms with van der Waals surface area (Å²) in [6, 6.07) is 0. The molecular weight excluding hydrogens is 386 g/mol. The van der Waals surface area contributed by atoms with Gasteiger partial charge in [0.1, 0.15) is 18.2 Å². The van der Waals surface area contributed by atoms with Gasteiger partial charge in [-0.1, -0.05) is 0 Å². The van der Waals surface area contributed by atoms with Crippen molar-refractivity contribution in [3.63, 3.8) is 0 Å². The lowest BCUT2D eigenvalue weighted by Crippen LogP contribution is -2.40. The Labute approximate surface area is 164 Å². The fourth-order valence-corrected chi connectivity index (χ4v) is 3.12. The van der Waals surface area contributed by atoms with E-state index in [2.05, 4.69) is 9.97 Å². The molecule has 0 saturated carbocycles. The van der Waals surface area contributed by atoms with Crippen molar-refractivity contribution in [1.29, 1.82) is 5.41 Å². The van der Waals surface area contributed by atoms with Crippen molar-refractivity contribution in [3.05, 3.63) is 18.1 Å². The van der Waals surface area contributed by atoms with Gasteiger partial charge in [-0.3, -0.25) is 24.4 Å². The lowest BCUT2D eigenvalue weighted by molar-refractivity contribution is -0.166. The summed E-state index contributed by atoms with van der Waals surface area (Å²) in [5.41, 5.74) is 0.765. The van der Waals surface area contributed by atoms with E-state index in [1.54, 1.807) is 7.05 Å². The molecule has 156 valence electrons. The topological polar surface area (TPSA) is 148 Å². The SMILES string of the molecule is CC(=O)OC[C@H]1O[C@@H](n2cnc3c(=N)n(C)cnc32)[C@H](OC(C)=O)[C@@H]1OC(C)=O. The average Bonchev–Trinajstić information content (AvgIpc) is 3.18. The van der Waals surface area contributed by atoms with Crippen LogP contribution in [-0.4, -0.2) is 61.9 Å². The number of hydrogen-bond acceptors (Lipinski definition) is 10. The molecule has 1 fully saturated rings. The molecule has 1 aliphatic heterocycles.